The van der Waals surface area contributed by atoms with Crippen LogP contribution in [0.25, 0.3) is 0 Å². The molecule has 0 aromatic carbocycles. The van der Waals surface area contributed by atoms with E-state index in [0.29, 0.717) is 18.6 Å². The zero-order chi connectivity index (χ0) is 18.6. The number of hydrogen-bond acceptors (Lipinski definition) is 7. The van der Waals surface area contributed by atoms with Crippen LogP contribution in [0.1, 0.15) is 12.5 Å². The number of nitrogens with two attached hydrogens (primary N) is 1. The second-order valence-corrected chi connectivity index (χ2v) is 5.57. The minimum absolute atomic E-state index is 0.00374. The van der Waals surface area contributed by atoms with Crippen molar-refractivity contribution in [3.8, 4) is 0 Å². The van der Waals surface area contributed by atoms with Crippen molar-refractivity contribution >= 4 is 34.7 Å². The fraction of sp³-hybridized carbons (Fsp3) is 0.357. The van der Waals surface area contributed by atoms with Gasteiger partial charge in [-0.25, -0.2) is 15.0 Å². The lowest BCUT2D eigenvalue weighted by Gasteiger charge is -2.17. The number of pyridine rings is 1. The summed E-state index contributed by atoms with van der Waals surface area (Å²) < 4.78 is 43.0. The lowest BCUT2D eigenvalue weighted by Crippen LogP contribution is -2.22. The van der Waals surface area contributed by atoms with E-state index in [9.17, 15) is 13.2 Å². The van der Waals surface area contributed by atoms with Crippen LogP contribution in [0.2, 0.25) is 5.02 Å². The van der Waals surface area contributed by atoms with Crippen molar-refractivity contribution in [1.82, 2.24) is 15.0 Å². The molecule has 0 spiro atoms. The summed E-state index contributed by atoms with van der Waals surface area (Å²) in [5.41, 5.74) is 5.20. The second-order valence-electron chi connectivity index (χ2n) is 5.16. The number of anilines is 4. The van der Waals surface area contributed by atoms with Gasteiger partial charge >= 0.3 is 6.18 Å². The van der Waals surface area contributed by atoms with Crippen LogP contribution in [-0.2, 0) is 10.9 Å². The third-order valence-electron chi connectivity index (χ3n) is 3.09. The maximum atomic E-state index is 12.6. The average Bonchev–Trinajstić information content (AvgIpc) is 2.52. The summed E-state index contributed by atoms with van der Waals surface area (Å²) in [7, 11) is 1.56. The number of nitrogens with zero attached hydrogens (tertiary/aromatic N) is 3. The molecule has 0 bridgehead atoms. The normalized spacial score (nSPS) is 12.7. The van der Waals surface area contributed by atoms with E-state index in [1.807, 2.05) is 6.92 Å². The number of halogens is 4. The number of rotatable bonds is 6. The van der Waals surface area contributed by atoms with Crippen molar-refractivity contribution in [3.05, 3.63) is 29.2 Å². The van der Waals surface area contributed by atoms with Gasteiger partial charge in [0, 0.05) is 19.3 Å². The molecule has 2 rings (SSSR count). The summed E-state index contributed by atoms with van der Waals surface area (Å²) in [6.45, 7) is 2.30. The Balaban J connectivity index is 2.23. The summed E-state index contributed by atoms with van der Waals surface area (Å²) >= 11 is 5.86. The predicted molar refractivity (Wildman–Crippen MR) is 88.9 cm³/mol. The molecule has 0 radical (unpaired) electrons. The molecule has 1 unspecified atom stereocenters. The molecule has 0 aliphatic carbocycles. The van der Waals surface area contributed by atoms with E-state index in [0.717, 1.165) is 6.07 Å². The van der Waals surface area contributed by atoms with E-state index in [4.69, 9.17) is 22.1 Å². The van der Waals surface area contributed by atoms with E-state index in [2.05, 4.69) is 25.6 Å². The lowest BCUT2D eigenvalue weighted by molar-refractivity contribution is -0.137. The monoisotopic (exact) mass is 376 g/mol. The second kappa shape index (κ2) is 7.70. The van der Waals surface area contributed by atoms with Gasteiger partial charge in [-0.2, -0.15) is 13.2 Å². The summed E-state index contributed by atoms with van der Waals surface area (Å²) in [5, 5.41) is 5.53. The Hall–Kier alpha value is -2.33. The van der Waals surface area contributed by atoms with Gasteiger partial charge in [-0.15, -0.1) is 0 Å². The van der Waals surface area contributed by atoms with E-state index in [-0.39, 0.29) is 28.4 Å². The number of nitrogens with one attached hydrogen (secondary N) is 2. The van der Waals surface area contributed by atoms with E-state index < -0.39 is 11.7 Å². The van der Waals surface area contributed by atoms with Crippen molar-refractivity contribution in [2.45, 2.75) is 19.1 Å². The minimum atomic E-state index is -4.53. The van der Waals surface area contributed by atoms with Gasteiger partial charge in [-0.05, 0) is 13.0 Å². The molecule has 4 N–H and O–H groups in total. The quantitative estimate of drug-likeness (QED) is 0.711. The highest BCUT2D eigenvalue weighted by molar-refractivity contribution is 6.33. The first-order valence-electron chi connectivity index (χ1n) is 7.08. The Morgan fingerprint density at radius 3 is 2.52 bits per heavy atom. The summed E-state index contributed by atoms with van der Waals surface area (Å²) in [6.07, 6.45) is -2.61. The van der Waals surface area contributed by atoms with Gasteiger partial charge in [0.15, 0.2) is 11.6 Å². The van der Waals surface area contributed by atoms with Crippen molar-refractivity contribution in [3.63, 3.8) is 0 Å². The molecule has 0 fully saturated rings. The van der Waals surface area contributed by atoms with Gasteiger partial charge in [-0.1, -0.05) is 11.6 Å². The van der Waals surface area contributed by atoms with Gasteiger partial charge < -0.3 is 21.1 Å². The standard InChI is InChI=1S/C14H16ClF3N6O/c1-7(5-25-2)23-12-10(19)13(22-6-21-12)24-11-9(15)3-8(4-20-11)14(16,17)18/h3-4,6-7H,5,19H2,1-2H3,(H2,20,21,22,23,24). The molecule has 2 aromatic rings. The summed E-state index contributed by atoms with van der Waals surface area (Å²) in [6, 6.07) is 0.705. The fourth-order valence-corrected chi connectivity index (χ4v) is 2.15. The SMILES string of the molecule is COCC(C)Nc1ncnc(Nc2ncc(C(F)(F)F)cc2Cl)c1N. The van der Waals surface area contributed by atoms with Crippen LogP contribution in [0.5, 0.6) is 0 Å². The molecule has 2 aromatic heterocycles. The minimum Gasteiger partial charge on any atom is -0.393 e. The number of hydrogen-bond donors (Lipinski definition) is 3. The maximum Gasteiger partial charge on any atom is 0.417 e. The topological polar surface area (TPSA) is 98.0 Å². The zero-order valence-electron chi connectivity index (χ0n) is 13.4. The van der Waals surface area contributed by atoms with Crippen molar-refractivity contribution in [2.75, 3.05) is 30.1 Å². The number of ether oxygens (including phenoxy) is 1. The smallest absolute Gasteiger partial charge is 0.393 e. The molecule has 0 aliphatic heterocycles. The maximum absolute atomic E-state index is 12.6. The Bertz CT molecular complexity index is 743. The summed E-state index contributed by atoms with van der Waals surface area (Å²) in [5.74, 6) is 0.511. The van der Waals surface area contributed by atoms with Crippen LogP contribution in [0.4, 0.5) is 36.3 Å². The highest BCUT2D eigenvalue weighted by Gasteiger charge is 2.31. The molecule has 0 saturated heterocycles. The number of aromatic nitrogens is 3. The van der Waals surface area contributed by atoms with Crippen LogP contribution < -0.4 is 16.4 Å². The van der Waals surface area contributed by atoms with Crippen LogP contribution in [-0.4, -0.2) is 34.7 Å². The molecular weight excluding hydrogens is 361 g/mol. The Morgan fingerprint density at radius 2 is 1.92 bits per heavy atom. The van der Waals surface area contributed by atoms with Crippen LogP contribution >= 0.6 is 11.6 Å². The number of nitrogen functional groups attached to an aromatic ring is 1. The van der Waals surface area contributed by atoms with Gasteiger partial charge in [0.05, 0.1) is 17.2 Å². The first-order valence-corrected chi connectivity index (χ1v) is 7.46. The Kier molecular flexibility index (Phi) is 5.85. The number of methoxy groups -OCH3 is 1. The first kappa shape index (κ1) is 19.0. The third kappa shape index (κ3) is 4.83. The van der Waals surface area contributed by atoms with Crippen molar-refractivity contribution in [1.29, 1.82) is 0 Å². The molecule has 0 saturated carbocycles. The summed E-state index contributed by atoms with van der Waals surface area (Å²) in [4.78, 5) is 11.7. The number of alkyl halides is 3. The van der Waals surface area contributed by atoms with Crippen LogP contribution in [0, 0.1) is 0 Å². The Labute approximate surface area is 146 Å². The molecule has 0 amide bonds. The predicted octanol–water partition coefficient (Wildman–Crippen LogP) is 3.32. The van der Waals surface area contributed by atoms with Crippen LogP contribution in [0.3, 0.4) is 0 Å². The van der Waals surface area contributed by atoms with Gasteiger partial charge in [0.1, 0.15) is 17.8 Å². The molecule has 136 valence electrons. The van der Waals surface area contributed by atoms with E-state index in [1.165, 1.54) is 6.33 Å². The molecule has 11 heteroatoms. The molecule has 0 aliphatic rings. The largest absolute Gasteiger partial charge is 0.417 e. The molecular formula is C14H16ClF3N6O. The van der Waals surface area contributed by atoms with Crippen molar-refractivity contribution in [2.24, 2.45) is 0 Å². The van der Waals surface area contributed by atoms with Gasteiger partial charge in [0.2, 0.25) is 0 Å². The van der Waals surface area contributed by atoms with Gasteiger partial charge in [-0.3, -0.25) is 0 Å². The molecule has 1 atom stereocenters. The third-order valence-corrected chi connectivity index (χ3v) is 3.38. The van der Waals surface area contributed by atoms with Crippen LogP contribution in [0.15, 0.2) is 18.6 Å². The average molecular weight is 377 g/mol. The molecule has 2 heterocycles. The van der Waals surface area contributed by atoms with E-state index >= 15 is 0 Å². The highest BCUT2D eigenvalue weighted by atomic mass is 35.5. The van der Waals surface area contributed by atoms with Gasteiger partial charge in [0.25, 0.3) is 0 Å². The fourth-order valence-electron chi connectivity index (χ4n) is 1.93. The first-order chi connectivity index (χ1) is 11.7. The molecule has 7 nitrogen and oxygen atoms in total. The highest BCUT2D eigenvalue weighted by Crippen LogP contribution is 2.34. The zero-order valence-corrected chi connectivity index (χ0v) is 14.1. The molecule has 25 heavy (non-hydrogen) atoms. The Morgan fingerprint density at radius 1 is 1.24 bits per heavy atom. The van der Waals surface area contributed by atoms with E-state index in [1.54, 1.807) is 7.11 Å². The lowest BCUT2D eigenvalue weighted by atomic mass is 10.2. The van der Waals surface area contributed by atoms with Crippen molar-refractivity contribution < 1.29 is 17.9 Å².